The molecule has 33 heavy (non-hydrogen) atoms. The molecule has 170 valence electrons. The summed E-state index contributed by atoms with van der Waals surface area (Å²) in [6.45, 7) is 2.71. The van der Waals surface area contributed by atoms with Gasteiger partial charge in [-0.15, -0.1) is 0 Å². The molecule has 3 nitrogen and oxygen atoms in total. The second kappa shape index (κ2) is 12.2. The van der Waals surface area contributed by atoms with Crippen LogP contribution in [0.15, 0.2) is 97.1 Å². The third-order valence-corrected chi connectivity index (χ3v) is 6.16. The van der Waals surface area contributed by atoms with Crippen molar-refractivity contribution >= 4 is 10.8 Å². The lowest BCUT2D eigenvalue weighted by Gasteiger charge is -2.21. The Kier molecular flexibility index (Phi) is 8.51. The van der Waals surface area contributed by atoms with Crippen LogP contribution in [0.5, 0.6) is 5.75 Å². The van der Waals surface area contributed by atoms with E-state index in [1.165, 1.54) is 27.5 Å². The zero-order valence-electron chi connectivity index (χ0n) is 19.5. The minimum absolute atomic E-state index is 0.327. The molecular formula is C30H34N2O. The van der Waals surface area contributed by atoms with Crippen LogP contribution in [0.2, 0.25) is 0 Å². The van der Waals surface area contributed by atoms with Crippen molar-refractivity contribution in [2.45, 2.75) is 31.8 Å². The maximum absolute atomic E-state index is 5.70. The number of hydrogen-bond acceptors (Lipinski definition) is 3. The first-order valence-corrected chi connectivity index (χ1v) is 11.9. The van der Waals surface area contributed by atoms with Gasteiger partial charge in [0.05, 0.1) is 7.11 Å². The van der Waals surface area contributed by atoms with E-state index in [9.17, 15) is 0 Å². The predicted molar refractivity (Wildman–Crippen MR) is 139 cm³/mol. The van der Waals surface area contributed by atoms with Gasteiger partial charge in [-0.05, 0) is 53.8 Å². The highest BCUT2D eigenvalue weighted by atomic mass is 16.5. The Morgan fingerprint density at radius 2 is 1.45 bits per heavy atom. The number of rotatable bonds is 12. The summed E-state index contributed by atoms with van der Waals surface area (Å²) in [7, 11) is 1.75. The molecule has 0 fully saturated rings. The smallest absolute Gasteiger partial charge is 0.123 e. The van der Waals surface area contributed by atoms with E-state index >= 15 is 0 Å². The van der Waals surface area contributed by atoms with Gasteiger partial charge in [0, 0.05) is 24.7 Å². The molecule has 0 spiro atoms. The van der Waals surface area contributed by atoms with E-state index in [2.05, 4.69) is 108 Å². The van der Waals surface area contributed by atoms with Crippen LogP contribution >= 0.6 is 0 Å². The lowest BCUT2D eigenvalue weighted by atomic mass is 10.0. The average molecular weight is 439 g/mol. The molecule has 1 unspecified atom stereocenters. The molecule has 0 radical (unpaired) electrons. The standard InChI is InChI=1S/C30H34N2O/c1-33-30-19-18-26-16-8-9-17-28(26)29(30)23-32-27(21-25-13-6-3-7-14-25)22-31-20-10-15-24-11-4-2-5-12-24/h2-9,11-14,16-19,27,31-32H,10,15,20-23H2,1H3. The van der Waals surface area contributed by atoms with Gasteiger partial charge in [0.25, 0.3) is 0 Å². The van der Waals surface area contributed by atoms with Gasteiger partial charge < -0.3 is 15.4 Å². The first-order chi connectivity index (χ1) is 16.3. The lowest BCUT2D eigenvalue weighted by molar-refractivity contribution is 0.404. The van der Waals surface area contributed by atoms with Crippen molar-refractivity contribution in [2.24, 2.45) is 0 Å². The van der Waals surface area contributed by atoms with Crippen LogP contribution in [0.3, 0.4) is 0 Å². The van der Waals surface area contributed by atoms with Gasteiger partial charge in [0.15, 0.2) is 0 Å². The van der Waals surface area contributed by atoms with Gasteiger partial charge in [-0.25, -0.2) is 0 Å². The van der Waals surface area contributed by atoms with Crippen LogP contribution in [0.25, 0.3) is 10.8 Å². The fourth-order valence-corrected chi connectivity index (χ4v) is 4.39. The van der Waals surface area contributed by atoms with Crippen molar-refractivity contribution in [3.8, 4) is 5.75 Å². The molecule has 4 aromatic rings. The number of nitrogens with one attached hydrogen (secondary N) is 2. The summed E-state index contributed by atoms with van der Waals surface area (Å²) in [5.41, 5.74) is 3.98. The van der Waals surface area contributed by atoms with Crippen molar-refractivity contribution < 1.29 is 4.74 Å². The van der Waals surface area contributed by atoms with Gasteiger partial charge in [0.1, 0.15) is 5.75 Å². The van der Waals surface area contributed by atoms with Crippen LogP contribution in [-0.2, 0) is 19.4 Å². The second-order valence-corrected chi connectivity index (χ2v) is 8.53. The summed E-state index contributed by atoms with van der Waals surface area (Å²) in [6.07, 6.45) is 3.23. The van der Waals surface area contributed by atoms with Crippen molar-refractivity contribution in [2.75, 3.05) is 20.2 Å². The molecule has 0 aromatic heterocycles. The third-order valence-electron chi connectivity index (χ3n) is 6.16. The summed E-state index contributed by atoms with van der Waals surface area (Å²) < 4.78 is 5.70. The van der Waals surface area contributed by atoms with E-state index in [1.54, 1.807) is 7.11 Å². The fourth-order valence-electron chi connectivity index (χ4n) is 4.39. The van der Waals surface area contributed by atoms with Gasteiger partial charge >= 0.3 is 0 Å². The van der Waals surface area contributed by atoms with Crippen molar-refractivity contribution in [3.05, 3.63) is 114 Å². The Labute approximate surface area is 197 Å². The summed E-state index contributed by atoms with van der Waals surface area (Å²) >= 11 is 0. The molecule has 0 saturated carbocycles. The molecule has 0 bridgehead atoms. The number of fused-ring (bicyclic) bond motifs is 1. The number of ether oxygens (including phenoxy) is 1. The van der Waals surface area contributed by atoms with Crippen LogP contribution in [0, 0.1) is 0 Å². The monoisotopic (exact) mass is 438 g/mol. The number of hydrogen-bond donors (Lipinski definition) is 2. The molecule has 1 atom stereocenters. The van der Waals surface area contributed by atoms with Crippen LogP contribution in [0.1, 0.15) is 23.1 Å². The van der Waals surface area contributed by atoms with E-state index in [4.69, 9.17) is 4.74 Å². The molecule has 2 N–H and O–H groups in total. The molecule has 0 amide bonds. The maximum Gasteiger partial charge on any atom is 0.123 e. The van der Waals surface area contributed by atoms with Crippen molar-refractivity contribution in [3.63, 3.8) is 0 Å². The topological polar surface area (TPSA) is 33.3 Å². The largest absolute Gasteiger partial charge is 0.496 e. The van der Waals surface area contributed by atoms with Crippen LogP contribution < -0.4 is 15.4 Å². The summed E-state index contributed by atoms with van der Waals surface area (Å²) in [5.74, 6) is 0.940. The summed E-state index contributed by atoms with van der Waals surface area (Å²) in [5, 5.41) is 9.99. The molecule has 3 heteroatoms. The first kappa shape index (κ1) is 23.0. The second-order valence-electron chi connectivity index (χ2n) is 8.53. The predicted octanol–water partition coefficient (Wildman–Crippen LogP) is 5.77. The number of benzene rings is 4. The zero-order chi connectivity index (χ0) is 22.7. The molecule has 0 saturated heterocycles. The van der Waals surface area contributed by atoms with Gasteiger partial charge in [-0.1, -0.05) is 91.0 Å². The molecule has 0 heterocycles. The molecule has 4 rings (SSSR count). The van der Waals surface area contributed by atoms with Gasteiger partial charge in [-0.2, -0.15) is 0 Å². The highest BCUT2D eigenvalue weighted by Gasteiger charge is 2.13. The maximum atomic E-state index is 5.70. The minimum Gasteiger partial charge on any atom is -0.496 e. The quantitative estimate of drug-likeness (QED) is 0.275. The Hall–Kier alpha value is -3.14. The number of methoxy groups -OCH3 is 1. The molecular weight excluding hydrogens is 404 g/mol. The first-order valence-electron chi connectivity index (χ1n) is 11.9. The average Bonchev–Trinajstić information content (AvgIpc) is 2.88. The van der Waals surface area contributed by atoms with Gasteiger partial charge in [0.2, 0.25) is 0 Å². The molecule has 0 aliphatic rings. The van der Waals surface area contributed by atoms with Gasteiger partial charge in [-0.3, -0.25) is 0 Å². The van der Waals surface area contributed by atoms with Crippen LogP contribution in [0.4, 0.5) is 0 Å². The van der Waals surface area contributed by atoms with E-state index in [0.717, 1.165) is 44.6 Å². The number of aryl methyl sites for hydroxylation is 1. The van der Waals surface area contributed by atoms with E-state index < -0.39 is 0 Å². The van der Waals surface area contributed by atoms with Crippen LogP contribution in [-0.4, -0.2) is 26.2 Å². The minimum atomic E-state index is 0.327. The van der Waals surface area contributed by atoms with Crippen molar-refractivity contribution in [1.82, 2.24) is 10.6 Å². The Bertz CT molecular complexity index is 1110. The van der Waals surface area contributed by atoms with E-state index in [1.807, 2.05) is 0 Å². The normalized spacial score (nSPS) is 12.0. The fraction of sp³-hybridized carbons (Fsp3) is 0.267. The Morgan fingerprint density at radius 1 is 0.758 bits per heavy atom. The lowest BCUT2D eigenvalue weighted by Crippen LogP contribution is -2.40. The molecule has 4 aromatic carbocycles. The van der Waals surface area contributed by atoms with Crippen molar-refractivity contribution in [1.29, 1.82) is 0 Å². The van der Waals surface area contributed by atoms with E-state index in [-0.39, 0.29) is 0 Å². The van der Waals surface area contributed by atoms with E-state index in [0.29, 0.717) is 6.04 Å². The molecule has 0 aliphatic carbocycles. The Balaban J connectivity index is 1.39. The highest BCUT2D eigenvalue weighted by molar-refractivity contribution is 5.87. The summed E-state index contributed by atoms with van der Waals surface area (Å²) in [4.78, 5) is 0. The summed E-state index contributed by atoms with van der Waals surface area (Å²) in [6, 6.07) is 34.5. The Morgan fingerprint density at radius 3 is 2.21 bits per heavy atom. The highest BCUT2D eigenvalue weighted by Crippen LogP contribution is 2.28. The zero-order valence-corrected chi connectivity index (χ0v) is 19.5. The third kappa shape index (κ3) is 6.67. The molecule has 0 aliphatic heterocycles. The SMILES string of the molecule is COc1ccc2ccccc2c1CNC(CNCCCc1ccccc1)Cc1ccccc1.